The predicted molar refractivity (Wildman–Crippen MR) is 106 cm³/mol. The van der Waals surface area contributed by atoms with Gasteiger partial charge in [-0.2, -0.15) is 0 Å². The van der Waals surface area contributed by atoms with E-state index in [1.807, 2.05) is 36.4 Å². The number of carbonyl (C=O) groups excluding carboxylic acids is 1. The summed E-state index contributed by atoms with van der Waals surface area (Å²) in [6.07, 6.45) is 0. The van der Waals surface area contributed by atoms with E-state index in [9.17, 15) is 17.6 Å². The van der Waals surface area contributed by atoms with Gasteiger partial charge in [-0.3, -0.25) is 4.79 Å². The van der Waals surface area contributed by atoms with Crippen LogP contribution >= 0.6 is 22.6 Å². The number of hydrogen-bond acceptors (Lipinski definition) is 3. The second-order valence-corrected chi connectivity index (χ2v) is 9.73. The second kappa shape index (κ2) is 6.58. The molecule has 2 atom stereocenters. The van der Waals surface area contributed by atoms with Crippen molar-refractivity contribution in [2.75, 3.05) is 5.32 Å². The Morgan fingerprint density at radius 1 is 1.19 bits per heavy atom. The number of nitrogens with two attached hydrogens (primary N) is 1. The topological polar surface area (TPSA) is 89.3 Å². The maximum Gasteiger partial charge on any atom is 0.238 e. The molecule has 3 rings (SSSR count). The van der Waals surface area contributed by atoms with Crippen LogP contribution in [0.2, 0.25) is 0 Å². The van der Waals surface area contributed by atoms with Gasteiger partial charge in [0, 0.05) is 9.49 Å². The minimum absolute atomic E-state index is 0.0323. The summed E-state index contributed by atoms with van der Waals surface area (Å²) in [6.45, 7) is 3.98. The Kier molecular flexibility index (Phi) is 4.87. The molecule has 26 heavy (non-hydrogen) atoms. The van der Waals surface area contributed by atoms with Gasteiger partial charge in [0.25, 0.3) is 0 Å². The van der Waals surface area contributed by atoms with E-state index >= 15 is 0 Å². The molecule has 0 saturated heterocycles. The fourth-order valence-corrected chi connectivity index (χ4v) is 4.54. The van der Waals surface area contributed by atoms with Crippen LogP contribution < -0.4 is 10.5 Å². The van der Waals surface area contributed by atoms with E-state index in [0.29, 0.717) is 9.26 Å². The van der Waals surface area contributed by atoms with Crippen molar-refractivity contribution >= 4 is 44.2 Å². The number of amides is 1. The zero-order valence-electron chi connectivity index (χ0n) is 14.2. The Labute approximate surface area is 165 Å². The van der Waals surface area contributed by atoms with Crippen molar-refractivity contribution in [3.63, 3.8) is 0 Å². The molecule has 0 aliphatic heterocycles. The van der Waals surface area contributed by atoms with E-state index in [4.69, 9.17) is 5.14 Å². The van der Waals surface area contributed by atoms with Crippen molar-refractivity contribution in [2.45, 2.75) is 24.7 Å². The quantitative estimate of drug-likeness (QED) is 0.647. The Morgan fingerprint density at radius 2 is 1.81 bits per heavy atom. The first-order chi connectivity index (χ1) is 12.0. The smallest absolute Gasteiger partial charge is 0.238 e. The van der Waals surface area contributed by atoms with E-state index in [-0.39, 0.29) is 33.9 Å². The molecule has 3 N–H and O–H groups in total. The van der Waals surface area contributed by atoms with E-state index in [1.165, 1.54) is 24.3 Å². The van der Waals surface area contributed by atoms with Gasteiger partial charge in [0.2, 0.25) is 15.9 Å². The van der Waals surface area contributed by atoms with Crippen LogP contribution in [0.3, 0.4) is 0 Å². The molecule has 1 aliphatic carbocycles. The Morgan fingerprint density at radius 3 is 2.35 bits per heavy atom. The molecule has 0 radical (unpaired) electrons. The van der Waals surface area contributed by atoms with Crippen LogP contribution in [0, 0.1) is 20.7 Å². The molecule has 0 unspecified atom stereocenters. The van der Waals surface area contributed by atoms with Crippen LogP contribution in [-0.4, -0.2) is 14.3 Å². The van der Waals surface area contributed by atoms with Gasteiger partial charge < -0.3 is 5.32 Å². The molecule has 8 heteroatoms. The average Bonchev–Trinajstić information content (AvgIpc) is 3.12. The van der Waals surface area contributed by atoms with Crippen molar-refractivity contribution in [3.8, 4) is 0 Å². The SMILES string of the molecule is CC1(C)[C@@H](C(=O)Nc2ccc(F)cc2I)[C@@H]1c1ccc(S(N)(=O)=O)cc1. The number of carbonyl (C=O) groups is 1. The first kappa shape index (κ1) is 19.2. The normalized spacial score (nSPS) is 21.3. The van der Waals surface area contributed by atoms with Gasteiger partial charge in [0.1, 0.15) is 5.82 Å². The summed E-state index contributed by atoms with van der Waals surface area (Å²) in [4.78, 5) is 12.8. The molecule has 2 aromatic rings. The third-order valence-electron chi connectivity index (χ3n) is 4.87. The lowest BCUT2D eigenvalue weighted by Crippen LogP contribution is -2.17. The molecule has 0 heterocycles. The van der Waals surface area contributed by atoms with Crippen molar-refractivity contribution in [1.29, 1.82) is 0 Å². The van der Waals surface area contributed by atoms with Gasteiger partial charge in [-0.15, -0.1) is 0 Å². The lowest BCUT2D eigenvalue weighted by atomic mass is 10.0. The van der Waals surface area contributed by atoms with Crippen LogP contribution in [0.15, 0.2) is 47.4 Å². The van der Waals surface area contributed by atoms with Gasteiger partial charge in [-0.25, -0.2) is 17.9 Å². The van der Waals surface area contributed by atoms with Crippen LogP contribution in [0.4, 0.5) is 10.1 Å². The van der Waals surface area contributed by atoms with E-state index in [1.54, 1.807) is 18.2 Å². The summed E-state index contributed by atoms with van der Waals surface area (Å²) in [5, 5.41) is 7.98. The number of hydrogen-bond donors (Lipinski definition) is 2. The fraction of sp³-hybridized carbons (Fsp3) is 0.278. The minimum atomic E-state index is -3.74. The molecule has 1 fully saturated rings. The summed E-state index contributed by atoms with van der Waals surface area (Å²) in [6, 6.07) is 10.5. The first-order valence-corrected chi connectivity index (χ1v) is 10.5. The molecule has 1 aliphatic rings. The number of halogens is 2. The van der Waals surface area contributed by atoms with Crippen molar-refractivity contribution in [2.24, 2.45) is 16.5 Å². The molecular formula is C18H18FIN2O3S. The largest absolute Gasteiger partial charge is 0.325 e. The number of benzene rings is 2. The van der Waals surface area contributed by atoms with E-state index in [0.717, 1.165) is 5.56 Å². The van der Waals surface area contributed by atoms with Crippen LogP contribution in [0.5, 0.6) is 0 Å². The lowest BCUT2D eigenvalue weighted by molar-refractivity contribution is -0.118. The van der Waals surface area contributed by atoms with Gasteiger partial charge in [-0.05, 0) is 63.9 Å². The van der Waals surface area contributed by atoms with Gasteiger partial charge >= 0.3 is 0 Å². The molecular weight excluding hydrogens is 470 g/mol. The molecule has 138 valence electrons. The average molecular weight is 488 g/mol. The van der Waals surface area contributed by atoms with Gasteiger partial charge in [-0.1, -0.05) is 26.0 Å². The summed E-state index contributed by atoms with van der Waals surface area (Å²) in [5.41, 5.74) is 1.19. The van der Waals surface area contributed by atoms with Gasteiger partial charge in [0.05, 0.1) is 16.5 Å². The maximum atomic E-state index is 13.2. The summed E-state index contributed by atoms with van der Waals surface area (Å²) >= 11 is 1.98. The standard InChI is InChI=1S/C18H18FIN2O3S/c1-18(2)15(10-3-6-12(7-4-10)26(21,24)25)16(18)17(23)22-14-8-5-11(19)9-13(14)20/h3-9,15-16H,1-2H3,(H,22,23)(H2,21,24,25)/t15-,16+/m0/s1. The van der Waals surface area contributed by atoms with Crippen LogP contribution in [-0.2, 0) is 14.8 Å². The number of anilines is 1. The maximum absolute atomic E-state index is 13.2. The number of sulfonamides is 1. The molecule has 1 saturated carbocycles. The molecule has 2 aromatic carbocycles. The summed E-state index contributed by atoms with van der Waals surface area (Å²) < 4.78 is 36.6. The predicted octanol–water partition coefficient (Wildman–Crippen LogP) is 3.46. The van der Waals surface area contributed by atoms with E-state index in [2.05, 4.69) is 5.32 Å². The number of primary sulfonamides is 1. The Hall–Kier alpha value is -1.52. The molecule has 0 bridgehead atoms. The molecule has 0 spiro atoms. The minimum Gasteiger partial charge on any atom is -0.325 e. The summed E-state index contributed by atoms with van der Waals surface area (Å²) in [7, 11) is -3.74. The van der Waals surface area contributed by atoms with Gasteiger partial charge in [0.15, 0.2) is 0 Å². The Bertz CT molecular complexity index is 974. The molecule has 0 aromatic heterocycles. The highest BCUT2D eigenvalue weighted by Gasteiger charge is 2.62. The highest BCUT2D eigenvalue weighted by Crippen LogP contribution is 2.64. The zero-order valence-corrected chi connectivity index (χ0v) is 17.1. The highest BCUT2D eigenvalue weighted by atomic mass is 127. The summed E-state index contributed by atoms with van der Waals surface area (Å²) in [5.74, 6) is -0.786. The monoisotopic (exact) mass is 488 g/mol. The highest BCUT2D eigenvalue weighted by molar-refractivity contribution is 14.1. The van der Waals surface area contributed by atoms with Crippen molar-refractivity contribution in [3.05, 3.63) is 57.4 Å². The van der Waals surface area contributed by atoms with Crippen molar-refractivity contribution < 1.29 is 17.6 Å². The zero-order chi connectivity index (χ0) is 19.3. The molecule has 5 nitrogen and oxygen atoms in total. The third-order valence-corrected chi connectivity index (χ3v) is 6.69. The second-order valence-electron chi connectivity index (χ2n) is 7.00. The molecule has 1 amide bonds. The first-order valence-electron chi connectivity index (χ1n) is 7.90. The number of nitrogens with one attached hydrogen (secondary N) is 1. The van der Waals surface area contributed by atoms with E-state index < -0.39 is 10.0 Å². The lowest BCUT2D eigenvalue weighted by Gasteiger charge is -2.08. The van der Waals surface area contributed by atoms with Crippen LogP contribution in [0.1, 0.15) is 25.3 Å². The third kappa shape index (κ3) is 3.63. The number of rotatable bonds is 4. The Balaban J connectivity index is 1.80. The van der Waals surface area contributed by atoms with Crippen LogP contribution in [0.25, 0.3) is 0 Å². The van der Waals surface area contributed by atoms with Crippen molar-refractivity contribution in [1.82, 2.24) is 0 Å². The fourth-order valence-electron chi connectivity index (χ4n) is 3.42.